The monoisotopic (exact) mass is 324 g/mol. The van der Waals surface area contributed by atoms with Crippen LogP contribution in [0.25, 0.3) is 0 Å². The van der Waals surface area contributed by atoms with Crippen LogP contribution in [0, 0.1) is 6.92 Å². The lowest BCUT2D eigenvalue weighted by Crippen LogP contribution is -2.54. The summed E-state index contributed by atoms with van der Waals surface area (Å²) in [4.78, 5) is 21.2. The Labute approximate surface area is 143 Å². The number of benzene rings is 1. The molecular formula is C19H24N4O. The molecule has 2 heterocycles. The molecule has 3 rings (SSSR count). The van der Waals surface area contributed by atoms with Gasteiger partial charge in [0.15, 0.2) is 0 Å². The van der Waals surface area contributed by atoms with E-state index in [0.717, 1.165) is 36.7 Å². The number of anilines is 2. The molecule has 1 N–H and O–H groups in total. The number of aromatic nitrogens is 1. The summed E-state index contributed by atoms with van der Waals surface area (Å²) in [6.45, 7) is 7.24. The highest BCUT2D eigenvalue weighted by Gasteiger charge is 2.25. The number of hydrogen-bond donors (Lipinski definition) is 1. The maximum absolute atomic E-state index is 12.3. The summed E-state index contributed by atoms with van der Waals surface area (Å²) in [5.41, 5.74) is 2.00. The van der Waals surface area contributed by atoms with Crippen molar-refractivity contribution in [3.63, 3.8) is 0 Å². The van der Waals surface area contributed by atoms with Gasteiger partial charge in [0.25, 0.3) is 0 Å². The average molecular weight is 324 g/mol. The van der Waals surface area contributed by atoms with Crippen molar-refractivity contribution in [3.8, 4) is 0 Å². The van der Waals surface area contributed by atoms with Gasteiger partial charge in [-0.2, -0.15) is 0 Å². The number of pyridine rings is 1. The molecule has 2 aromatic rings. The van der Waals surface area contributed by atoms with Gasteiger partial charge < -0.3 is 10.2 Å². The van der Waals surface area contributed by atoms with Crippen LogP contribution in [0.3, 0.4) is 0 Å². The van der Waals surface area contributed by atoms with E-state index in [-0.39, 0.29) is 5.91 Å². The van der Waals surface area contributed by atoms with Gasteiger partial charge in [-0.3, -0.25) is 9.69 Å². The zero-order valence-corrected chi connectivity index (χ0v) is 14.3. The van der Waals surface area contributed by atoms with Crippen LogP contribution in [0.1, 0.15) is 12.5 Å². The maximum atomic E-state index is 12.3. The quantitative estimate of drug-likeness (QED) is 0.939. The predicted molar refractivity (Wildman–Crippen MR) is 97.3 cm³/mol. The van der Waals surface area contributed by atoms with Crippen LogP contribution in [-0.4, -0.2) is 48.0 Å². The van der Waals surface area contributed by atoms with Gasteiger partial charge >= 0.3 is 0 Å². The van der Waals surface area contributed by atoms with Crippen molar-refractivity contribution in [1.82, 2.24) is 9.88 Å². The molecule has 1 amide bonds. The van der Waals surface area contributed by atoms with E-state index in [4.69, 9.17) is 0 Å². The van der Waals surface area contributed by atoms with E-state index in [1.54, 1.807) is 0 Å². The average Bonchev–Trinajstić information content (AvgIpc) is 2.57. The standard InChI is InChI=1S/C19H24N4O/c1-15-6-5-7-17(12-15)21-19(24)14-22-10-11-23(13-16(22)2)18-8-3-4-9-20-18/h3-9,12,16H,10-11,13-14H2,1-2H3,(H,21,24)/t16-/m0/s1. The lowest BCUT2D eigenvalue weighted by Gasteiger charge is -2.40. The molecule has 1 atom stereocenters. The molecule has 24 heavy (non-hydrogen) atoms. The molecule has 5 heteroatoms. The molecule has 1 fully saturated rings. The maximum Gasteiger partial charge on any atom is 0.238 e. The molecule has 126 valence electrons. The fraction of sp³-hybridized carbons (Fsp3) is 0.368. The number of piperazine rings is 1. The summed E-state index contributed by atoms with van der Waals surface area (Å²) >= 11 is 0. The largest absolute Gasteiger partial charge is 0.354 e. The fourth-order valence-electron chi connectivity index (χ4n) is 3.09. The number of aryl methyl sites for hydroxylation is 1. The SMILES string of the molecule is Cc1cccc(NC(=O)CN2CCN(c3ccccn3)C[C@@H]2C)c1. The highest BCUT2D eigenvalue weighted by molar-refractivity contribution is 5.92. The fourth-order valence-corrected chi connectivity index (χ4v) is 3.09. The van der Waals surface area contributed by atoms with E-state index in [9.17, 15) is 4.79 Å². The first kappa shape index (κ1) is 16.5. The number of nitrogens with zero attached hydrogens (tertiary/aromatic N) is 3. The first-order valence-electron chi connectivity index (χ1n) is 8.38. The molecule has 0 radical (unpaired) electrons. The van der Waals surface area contributed by atoms with Crippen LogP contribution in [0.15, 0.2) is 48.7 Å². The minimum atomic E-state index is 0.0405. The second-order valence-electron chi connectivity index (χ2n) is 6.37. The van der Waals surface area contributed by atoms with E-state index in [0.29, 0.717) is 12.6 Å². The number of nitrogens with one attached hydrogen (secondary N) is 1. The summed E-state index contributed by atoms with van der Waals surface area (Å²) in [6.07, 6.45) is 1.82. The lowest BCUT2D eigenvalue weighted by atomic mass is 10.2. The van der Waals surface area contributed by atoms with Gasteiger partial charge in [-0.05, 0) is 43.7 Å². The van der Waals surface area contributed by atoms with E-state index in [1.807, 2.05) is 55.6 Å². The second-order valence-corrected chi connectivity index (χ2v) is 6.37. The summed E-state index contributed by atoms with van der Waals surface area (Å²) in [5, 5.41) is 2.99. The molecule has 0 aliphatic carbocycles. The highest BCUT2D eigenvalue weighted by atomic mass is 16.2. The zero-order chi connectivity index (χ0) is 16.9. The van der Waals surface area contributed by atoms with Crippen molar-refractivity contribution < 1.29 is 4.79 Å². The summed E-state index contributed by atoms with van der Waals surface area (Å²) in [7, 11) is 0. The Morgan fingerprint density at radius 3 is 2.83 bits per heavy atom. The Morgan fingerprint density at radius 2 is 2.12 bits per heavy atom. The molecule has 0 saturated carbocycles. The van der Waals surface area contributed by atoms with E-state index in [2.05, 4.69) is 27.0 Å². The molecule has 0 bridgehead atoms. The van der Waals surface area contributed by atoms with Crippen molar-refractivity contribution in [2.45, 2.75) is 19.9 Å². The third-order valence-electron chi connectivity index (χ3n) is 4.39. The van der Waals surface area contributed by atoms with Crippen molar-refractivity contribution >= 4 is 17.4 Å². The molecule has 0 unspecified atom stereocenters. The van der Waals surface area contributed by atoms with Gasteiger partial charge in [0.2, 0.25) is 5.91 Å². The second kappa shape index (κ2) is 7.45. The van der Waals surface area contributed by atoms with Gasteiger partial charge in [-0.25, -0.2) is 4.98 Å². The Kier molecular flexibility index (Phi) is 5.11. The first-order valence-corrected chi connectivity index (χ1v) is 8.38. The van der Waals surface area contributed by atoms with Gasteiger partial charge in [-0.15, -0.1) is 0 Å². The van der Waals surface area contributed by atoms with Crippen molar-refractivity contribution in [3.05, 3.63) is 54.2 Å². The van der Waals surface area contributed by atoms with E-state index >= 15 is 0 Å². The van der Waals surface area contributed by atoms with Gasteiger partial charge in [0.1, 0.15) is 5.82 Å². The van der Waals surface area contributed by atoms with Crippen LogP contribution in [-0.2, 0) is 4.79 Å². The molecule has 5 nitrogen and oxygen atoms in total. The highest BCUT2D eigenvalue weighted by Crippen LogP contribution is 2.16. The lowest BCUT2D eigenvalue weighted by molar-refractivity contribution is -0.117. The molecule has 1 aromatic carbocycles. The summed E-state index contributed by atoms with van der Waals surface area (Å²) in [6, 6.07) is 14.2. The van der Waals surface area contributed by atoms with Crippen molar-refractivity contribution in [1.29, 1.82) is 0 Å². The van der Waals surface area contributed by atoms with Gasteiger partial charge in [0, 0.05) is 37.6 Å². The topological polar surface area (TPSA) is 48.5 Å². The van der Waals surface area contributed by atoms with Crippen LogP contribution in [0.4, 0.5) is 11.5 Å². The molecule has 0 spiro atoms. The number of amides is 1. The first-order chi connectivity index (χ1) is 11.6. The normalized spacial score (nSPS) is 18.4. The van der Waals surface area contributed by atoms with E-state index < -0.39 is 0 Å². The number of hydrogen-bond acceptors (Lipinski definition) is 4. The van der Waals surface area contributed by atoms with Crippen LogP contribution >= 0.6 is 0 Å². The van der Waals surface area contributed by atoms with Gasteiger partial charge in [-0.1, -0.05) is 18.2 Å². The Morgan fingerprint density at radius 1 is 1.25 bits per heavy atom. The predicted octanol–water partition coefficient (Wildman–Crippen LogP) is 2.54. The van der Waals surface area contributed by atoms with Crippen LogP contribution in [0.2, 0.25) is 0 Å². The Hall–Kier alpha value is -2.40. The molecule has 1 aliphatic heterocycles. The number of rotatable bonds is 4. The number of carbonyl (C=O) groups excluding carboxylic acids is 1. The third-order valence-corrected chi connectivity index (χ3v) is 4.39. The van der Waals surface area contributed by atoms with Crippen molar-refractivity contribution in [2.24, 2.45) is 0 Å². The minimum absolute atomic E-state index is 0.0405. The summed E-state index contributed by atoms with van der Waals surface area (Å²) < 4.78 is 0. The van der Waals surface area contributed by atoms with Crippen LogP contribution in [0.5, 0.6) is 0 Å². The molecule has 1 aromatic heterocycles. The molecule has 1 saturated heterocycles. The summed E-state index contributed by atoms with van der Waals surface area (Å²) in [5.74, 6) is 1.05. The molecule has 1 aliphatic rings. The molecular weight excluding hydrogens is 300 g/mol. The van der Waals surface area contributed by atoms with Gasteiger partial charge in [0.05, 0.1) is 6.54 Å². The van der Waals surface area contributed by atoms with Crippen molar-refractivity contribution in [2.75, 3.05) is 36.4 Å². The van der Waals surface area contributed by atoms with E-state index in [1.165, 1.54) is 0 Å². The Bertz CT molecular complexity index is 689. The van der Waals surface area contributed by atoms with Crippen LogP contribution < -0.4 is 10.2 Å². The number of carbonyl (C=O) groups is 1. The Balaban J connectivity index is 1.54. The minimum Gasteiger partial charge on any atom is -0.354 e. The third kappa shape index (κ3) is 4.11. The smallest absolute Gasteiger partial charge is 0.238 e. The zero-order valence-electron chi connectivity index (χ0n) is 14.3.